The quantitative estimate of drug-likeness (QED) is 0.630. The van der Waals surface area contributed by atoms with E-state index in [2.05, 4.69) is 15.6 Å². The van der Waals surface area contributed by atoms with Gasteiger partial charge in [0.05, 0.1) is 47.8 Å². The van der Waals surface area contributed by atoms with Gasteiger partial charge in [0.25, 0.3) is 0 Å². The Morgan fingerprint density at radius 1 is 1.21 bits per heavy atom. The van der Waals surface area contributed by atoms with E-state index in [1.807, 2.05) is 28.8 Å². The van der Waals surface area contributed by atoms with E-state index in [0.29, 0.717) is 16.3 Å². The van der Waals surface area contributed by atoms with Crippen LogP contribution < -0.4 is 10.6 Å². The molecule has 148 valence electrons. The van der Waals surface area contributed by atoms with Gasteiger partial charge in [-0.3, -0.25) is 0 Å². The highest BCUT2D eigenvalue weighted by molar-refractivity contribution is 6.30. The Balaban J connectivity index is 1.80. The normalized spacial score (nSPS) is 16.5. The largest absolute Gasteiger partial charge is 0.463 e. The second-order valence-electron chi connectivity index (χ2n) is 6.56. The summed E-state index contributed by atoms with van der Waals surface area (Å²) < 4.78 is 7.17. The number of amides is 2. The Labute approximate surface area is 172 Å². The Bertz CT molecular complexity index is 1100. The maximum atomic E-state index is 12.8. The van der Waals surface area contributed by atoms with E-state index >= 15 is 0 Å². The highest BCUT2D eigenvalue weighted by atomic mass is 35.5. The molecule has 29 heavy (non-hydrogen) atoms. The van der Waals surface area contributed by atoms with Crippen LogP contribution >= 0.6 is 11.6 Å². The summed E-state index contributed by atoms with van der Waals surface area (Å²) in [7, 11) is 0. The summed E-state index contributed by atoms with van der Waals surface area (Å²) in [6.45, 7) is 2.24. The fourth-order valence-corrected chi connectivity index (χ4v) is 3.53. The summed E-state index contributed by atoms with van der Waals surface area (Å²) in [5.74, 6) is -0.487. The van der Waals surface area contributed by atoms with Gasteiger partial charge in [-0.25, -0.2) is 14.6 Å². The number of ether oxygens (including phenoxy) is 1. The average Bonchev–Trinajstić information content (AvgIpc) is 3.11. The van der Waals surface area contributed by atoms with E-state index in [-0.39, 0.29) is 13.2 Å². The van der Waals surface area contributed by atoms with Gasteiger partial charge in [-0.1, -0.05) is 35.9 Å². The molecule has 2 N–H and O–H groups in total. The minimum absolute atomic E-state index is 0.227. The predicted octanol–water partition coefficient (Wildman–Crippen LogP) is 3.56. The number of rotatable bonds is 5. The molecule has 0 unspecified atom stereocenters. The number of hydrogen-bond donors (Lipinski definition) is 2. The molecule has 1 atom stereocenters. The number of allylic oxidation sites excluding steroid dienone is 1. The number of fused-ring (bicyclic) bond motifs is 1. The fraction of sp³-hybridized carbons (Fsp3) is 0.190. The summed E-state index contributed by atoms with van der Waals surface area (Å²) in [6, 6.07) is 13.6. The van der Waals surface area contributed by atoms with Crippen LogP contribution in [0.15, 0.2) is 66.1 Å². The topological polar surface area (TPSA) is 85.2 Å². The number of imidazole rings is 1. The molecule has 2 aromatic carbocycles. The van der Waals surface area contributed by atoms with Crippen LogP contribution in [0.1, 0.15) is 18.5 Å². The molecule has 0 saturated carbocycles. The minimum atomic E-state index is -0.648. The van der Waals surface area contributed by atoms with Gasteiger partial charge in [0.1, 0.15) is 0 Å². The van der Waals surface area contributed by atoms with Gasteiger partial charge in [-0.2, -0.15) is 0 Å². The van der Waals surface area contributed by atoms with Crippen LogP contribution in [-0.4, -0.2) is 28.2 Å². The molecule has 0 fully saturated rings. The molecule has 7 nitrogen and oxygen atoms in total. The number of halogens is 1. The fourth-order valence-electron chi connectivity index (χ4n) is 3.40. The van der Waals surface area contributed by atoms with Crippen LogP contribution in [0.4, 0.5) is 4.79 Å². The molecule has 0 bridgehead atoms. The minimum Gasteiger partial charge on any atom is -0.463 e. The lowest BCUT2D eigenvalue weighted by atomic mass is 9.95. The van der Waals surface area contributed by atoms with E-state index in [9.17, 15) is 9.59 Å². The van der Waals surface area contributed by atoms with E-state index in [4.69, 9.17) is 16.3 Å². The number of urea groups is 1. The molecule has 0 saturated heterocycles. The summed E-state index contributed by atoms with van der Waals surface area (Å²) in [5, 5.41) is 6.16. The zero-order chi connectivity index (χ0) is 20.4. The van der Waals surface area contributed by atoms with Crippen molar-refractivity contribution >= 4 is 34.6 Å². The SMILES string of the molecule is CCOC(=O)C1=C(Cn2cnc3ccccc32)NC(=O)N[C@H]1c1ccc(Cl)cc1. The smallest absolute Gasteiger partial charge is 0.338 e. The number of esters is 1. The number of hydrogen-bond acceptors (Lipinski definition) is 4. The lowest BCUT2D eigenvalue weighted by Crippen LogP contribution is -2.46. The monoisotopic (exact) mass is 410 g/mol. The third-order valence-electron chi connectivity index (χ3n) is 4.71. The third-order valence-corrected chi connectivity index (χ3v) is 4.96. The lowest BCUT2D eigenvalue weighted by molar-refractivity contribution is -0.139. The molecule has 2 amide bonds. The number of nitrogens with one attached hydrogen (secondary N) is 2. The van der Waals surface area contributed by atoms with Gasteiger partial charge in [0.15, 0.2) is 0 Å². The summed E-state index contributed by atoms with van der Waals surface area (Å²) >= 11 is 5.99. The van der Waals surface area contributed by atoms with Crippen molar-refractivity contribution in [3.05, 3.63) is 76.7 Å². The number of benzene rings is 2. The molecule has 0 radical (unpaired) electrons. The zero-order valence-electron chi connectivity index (χ0n) is 15.7. The van der Waals surface area contributed by atoms with Gasteiger partial charge in [0.2, 0.25) is 0 Å². The highest BCUT2D eigenvalue weighted by Gasteiger charge is 2.33. The zero-order valence-corrected chi connectivity index (χ0v) is 16.4. The van der Waals surface area contributed by atoms with Gasteiger partial charge in [-0.05, 0) is 36.8 Å². The van der Waals surface area contributed by atoms with Crippen molar-refractivity contribution in [3.8, 4) is 0 Å². The maximum absolute atomic E-state index is 12.8. The van der Waals surface area contributed by atoms with Gasteiger partial charge >= 0.3 is 12.0 Å². The maximum Gasteiger partial charge on any atom is 0.338 e. The van der Waals surface area contributed by atoms with Crippen molar-refractivity contribution in [1.29, 1.82) is 0 Å². The molecule has 1 aliphatic rings. The van der Waals surface area contributed by atoms with Crippen molar-refractivity contribution in [3.63, 3.8) is 0 Å². The Hall–Kier alpha value is -3.32. The van der Waals surface area contributed by atoms with Crippen molar-refractivity contribution < 1.29 is 14.3 Å². The van der Waals surface area contributed by atoms with Crippen LogP contribution in [0.3, 0.4) is 0 Å². The molecular formula is C21H19ClN4O3. The lowest BCUT2D eigenvalue weighted by Gasteiger charge is -2.29. The van der Waals surface area contributed by atoms with Gasteiger partial charge in [-0.15, -0.1) is 0 Å². The Kier molecular flexibility index (Phi) is 5.22. The summed E-state index contributed by atoms with van der Waals surface area (Å²) in [5.41, 5.74) is 3.29. The Morgan fingerprint density at radius 3 is 2.72 bits per heavy atom. The third kappa shape index (κ3) is 3.82. The molecular weight excluding hydrogens is 392 g/mol. The molecule has 4 rings (SSSR count). The van der Waals surface area contributed by atoms with E-state index in [1.54, 1.807) is 37.5 Å². The average molecular weight is 411 g/mol. The first kappa shape index (κ1) is 19.0. The second-order valence-corrected chi connectivity index (χ2v) is 6.99. The molecule has 1 aliphatic heterocycles. The molecule has 2 heterocycles. The molecule has 1 aromatic heterocycles. The first-order valence-electron chi connectivity index (χ1n) is 9.20. The van der Waals surface area contributed by atoms with E-state index in [0.717, 1.165) is 16.6 Å². The van der Waals surface area contributed by atoms with Crippen LogP contribution in [0.25, 0.3) is 11.0 Å². The van der Waals surface area contributed by atoms with Crippen molar-refractivity contribution in [2.75, 3.05) is 6.61 Å². The summed E-state index contributed by atoms with van der Waals surface area (Å²) in [6.07, 6.45) is 1.69. The van der Waals surface area contributed by atoms with E-state index < -0.39 is 18.0 Å². The predicted molar refractivity (Wildman–Crippen MR) is 109 cm³/mol. The van der Waals surface area contributed by atoms with E-state index in [1.165, 1.54) is 0 Å². The Morgan fingerprint density at radius 2 is 1.97 bits per heavy atom. The highest BCUT2D eigenvalue weighted by Crippen LogP contribution is 2.29. The van der Waals surface area contributed by atoms with Crippen LogP contribution in [-0.2, 0) is 16.1 Å². The van der Waals surface area contributed by atoms with Gasteiger partial charge in [0, 0.05) is 5.02 Å². The number of aromatic nitrogens is 2. The van der Waals surface area contributed by atoms with Crippen molar-refractivity contribution in [2.45, 2.75) is 19.5 Å². The van der Waals surface area contributed by atoms with Crippen LogP contribution in [0.5, 0.6) is 0 Å². The van der Waals surface area contributed by atoms with Gasteiger partial charge < -0.3 is 19.9 Å². The number of nitrogens with zero attached hydrogens (tertiary/aromatic N) is 2. The second kappa shape index (κ2) is 7.97. The van der Waals surface area contributed by atoms with Crippen LogP contribution in [0, 0.1) is 0 Å². The number of para-hydroxylation sites is 2. The van der Waals surface area contributed by atoms with Crippen LogP contribution in [0.2, 0.25) is 5.02 Å². The molecule has 0 aliphatic carbocycles. The summed E-state index contributed by atoms with van der Waals surface area (Å²) in [4.78, 5) is 29.6. The van der Waals surface area contributed by atoms with Crippen molar-refractivity contribution in [2.24, 2.45) is 0 Å². The number of carbonyl (C=O) groups is 2. The van der Waals surface area contributed by atoms with Crippen molar-refractivity contribution in [1.82, 2.24) is 20.2 Å². The first-order valence-corrected chi connectivity index (χ1v) is 9.57. The molecule has 8 heteroatoms. The number of carbonyl (C=O) groups excluding carboxylic acids is 2. The molecule has 0 spiro atoms. The standard InChI is InChI=1S/C21H19ClN4O3/c1-2-29-20(27)18-16(11-26-12-23-15-5-3-4-6-17(15)26)24-21(28)25-19(18)13-7-9-14(22)10-8-13/h3-10,12,19H,2,11H2,1H3,(H2,24,25,28)/t19-/m0/s1. The molecule has 3 aromatic rings. The first-order chi connectivity index (χ1) is 14.1.